The van der Waals surface area contributed by atoms with Crippen molar-refractivity contribution in [2.45, 2.75) is 18.2 Å². The lowest BCUT2D eigenvalue weighted by Crippen LogP contribution is -2.07. The van der Waals surface area contributed by atoms with E-state index in [1.807, 2.05) is 24.5 Å². The van der Waals surface area contributed by atoms with E-state index in [0.29, 0.717) is 11.6 Å². The number of carbonyl (C=O) groups excluding carboxylic acids is 1. The second-order valence-electron chi connectivity index (χ2n) is 2.95. The molecule has 0 saturated carbocycles. The quantitative estimate of drug-likeness (QED) is 0.601. The van der Waals surface area contributed by atoms with Crippen LogP contribution in [-0.2, 0) is 16.0 Å². The van der Waals surface area contributed by atoms with Crippen molar-refractivity contribution in [1.29, 1.82) is 0 Å². The van der Waals surface area contributed by atoms with Crippen LogP contribution in [0.2, 0.25) is 5.02 Å². The van der Waals surface area contributed by atoms with Crippen LogP contribution < -0.4 is 0 Å². The first-order valence-corrected chi connectivity index (χ1v) is 6.25. The van der Waals surface area contributed by atoms with E-state index < -0.39 is 0 Å². The van der Waals surface area contributed by atoms with Crippen LogP contribution >= 0.6 is 23.4 Å². The first-order valence-electron chi connectivity index (χ1n) is 4.65. The Bertz CT molecular complexity index is 352. The van der Waals surface area contributed by atoms with Crippen molar-refractivity contribution < 1.29 is 9.53 Å². The van der Waals surface area contributed by atoms with Crippen molar-refractivity contribution in [3.63, 3.8) is 0 Å². The van der Waals surface area contributed by atoms with Crippen LogP contribution in [0.4, 0.5) is 0 Å². The van der Waals surface area contributed by atoms with Gasteiger partial charge >= 0.3 is 5.97 Å². The molecule has 1 aromatic rings. The van der Waals surface area contributed by atoms with Crippen LogP contribution in [0.5, 0.6) is 0 Å². The zero-order valence-electron chi connectivity index (χ0n) is 8.75. The predicted octanol–water partition coefficient (Wildman–Crippen LogP) is 3.17. The van der Waals surface area contributed by atoms with Gasteiger partial charge in [-0.1, -0.05) is 17.7 Å². The Labute approximate surface area is 99.0 Å². The Kier molecular flexibility index (Phi) is 4.99. The summed E-state index contributed by atoms with van der Waals surface area (Å²) in [6.07, 6.45) is 2.24. The van der Waals surface area contributed by atoms with E-state index in [1.54, 1.807) is 18.7 Å². The lowest BCUT2D eigenvalue weighted by Gasteiger charge is -2.04. The molecule has 1 rings (SSSR count). The molecule has 0 spiro atoms. The largest absolute Gasteiger partial charge is 0.466 e. The lowest BCUT2D eigenvalue weighted by atomic mass is 10.1. The van der Waals surface area contributed by atoms with Crippen LogP contribution in [-0.4, -0.2) is 18.8 Å². The minimum absolute atomic E-state index is 0.217. The van der Waals surface area contributed by atoms with Gasteiger partial charge in [-0.05, 0) is 30.9 Å². The van der Waals surface area contributed by atoms with Gasteiger partial charge in [0.25, 0.3) is 0 Å². The van der Waals surface area contributed by atoms with E-state index >= 15 is 0 Å². The fourth-order valence-corrected chi connectivity index (χ4v) is 2.09. The Morgan fingerprint density at radius 2 is 2.27 bits per heavy atom. The SMILES string of the molecule is CCOC(=O)Cc1ccc(SC)c(Cl)c1. The van der Waals surface area contributed by atoms with Gasteiger partial charge < -0.3 is 4.74 Å². The van der Waals surface area contributed by atoms with Crippen molar-refractivity contribution >= 4 is 29.3 Å². The molecule has 0 fully saturated rings. The third kappa shape index (κ3) is 3.76. The molecule has 0 aliphatic heterocycles. The van der Waals surface area contributed by atoms with Gasteiger partial charge in [0.2, 0.25) is 0 Å². The van der Waals surface area contributed by atoms with Gasteiger partial charge in [0, 0.05) is 4.90 Å². The highest BCUT2D eigenvalue weighted by Crippen LogP contribution is 2.26. The predicted molar refractivity (Wildman–Crippen MR) is 63.6 cm³/mol. The van der Waals surface area contributed by atoms with E-state index in [0.717, 1.165) is 10.5 Å². The highest BCUT2D eigenvalue weighted by molar-refractivity contribution is 7.98. The van der Waals surface area contributed by atoms with Crippen LogP contribution in [0, 0.1) is 0 Å². The maximum atomic E-state index is 11.2. The molecule has 0 atom stereocenters. The molecule has 0 heterocycles. The summed E-state index contributed by atoms with van der Waals surface area (Å²) in [5, 5.41) is 0.685. The number of carbonyl (C=O) groups is 1. The van der Waals surface area contributed by atoms with Gasteiger partial charge in [-0.3, -0.25) is 4.79 Å². The first kappa shape index (κ1) is 12.4. The second-order valence-corrected chi connectivity index (χ2v) is 4.21. The molecule has 0 aliphatic rings. The smallest absolute Gasteiger partial charge is 0.310 e. The first-order chi connectivity index (χ1) is 7.17. The van der Waals surface area contributed by atoms with Gasteiger partial charge in [0.15, 0.2) is 0 Å². The lowest BCUT2D eigenvalue weighted by molar-refractivity contribution is -0.142. The van der Waals surface area contributed by atoms with E-state index in [-0.39, 0.29) is 12.4 Å². The van der Waals surface area contributed by atoms with Crippen molar-refractivity contribution in [2.75, 3.05) is 12.9 Å². The molecule has 0 amide bonds. The fraction of sp³-hybridized carbons (Fsp3) is 0.364. The standard InChI is InChI=1S/C11H13ClO2S/c1-3-14-11(13)7-8-4-5-10(15-2)9(12)6-8/h4-6H,3,7H2,1-2H3. The summed E-state index contributed by atoms with van der Waals surface area (Å²) >= 11 is 7.60. The number of halogens is 1. The molecular weight excluding hydrogens is 232 g/mol. The summed E-state index contributed by atoms with van der Waals surface area (Å²) in [6.45, 7) is 2.21. The Morgan fingerprint density at radius 3 is 2.80 bits per heavy atom. The maximum Gasteiger partial charge on any atom is 0.310 e. The minimum atomic E-state index is -0.217. The summed E-state index contributed by atoms with van der Waals surface area (Å²) in [5.41, 5.74) is 0.885. The fourth-order valence-electron chi connectivity index (χ4n) is 1.20. The number of hydrogen-bond acceptors (Lipinski definition) is 3. The van der Waals surface area contributed by atoms with Gasteiger partial charge in [0.1, 0.15) is 0 Å². The maximum absolute atomic E-state index is 11.2. The van der Waals surface area contributed by atoms with E-state index in [4.69, 9.17) is 16.3 Å². The summed E-state index contributed by atoms with van der Waals surface area (Å²) < 4.78 is 4.86. The van der Waals surface area contributed by atoms with E-state index in [2.05, 4.69) is 0 Å². The topological polar surface area (TPSA) is 26.3 Å². The number of ether oxygens (including phenoxy) is 1. The zero-order chi connectivity index (χ0) is 11.3. The molecule has 15 heavy (non-hydrogen) atoms. The molecule has 0 bridgehead atoms. The molecule has 0 aliphatic carbocycles. The molecule has 2 nitrogen and oxygen atoms in total. The summed E-state index contributed by atoms with van der Waals surface area (Å²) in [5.74, 6) is -0.217. The second kappa shape index (κ2) is 6.03. The van der Waals surface area contributed by atoms with Gasteiger partial charge in [0.05, 0.1) is 18.1 Å². The Hall–Kier alpha value is -0.670. The normalized spacial score (nSPS) is 10.1. The minimum Gasteiger partial charge on any atom is -0.466 e. The van der Waals surface area contributed by atoms with E-state index in [1.165, 1.54) is 0 Å². The number of benzene rings is 1. The summed E-state index contributed by atoms with van der Waals surface area (Å²) in [4.78, 5) is 12.2. The molecule has 0 unspecified atom stereocenters. The summed E-state index contributed by atoms with van der Waals surface area (Å²) in [6, 6.07) is 5.63. The molecule has 82 valence electrons. The molecule has 0 radical (unpaired) electrons. The van der Waals surface area contributed by atoms with Crippen LogP contribution in [0.1, 0.15) is 12.5 Å². The third-order valence-electron chi connectivity index (χ3n) is 1.87. The molecule has 1 aromatic carbocycles. The molecule has 0 saturated heterocycles. The number of thioether (sulfide) groups is 1. The van der Waals surface area contributed by atoms with Crippen LogP contribution in [0.25, 0.3) is 0 Å². The number of esters is 1. The molecule has 0 aromatic heterocycles. The van der Waals surface area contributed by atoms with Crippen molar-refractivity contribution in [3.8, 4) is 0 Å². The van der Waals surface area contributed by atoms with Crippen LogP contribution in [0.15, 0.2) is 23.1 Å². The van der Waals surface area contributed by atoms with Crippen molar-refractivity contribution in [1.82, 2.24) is 0 Å². The average molecular weight is 245 g/mol. The Morgan fingerprint density at radius 1 is 1.53 bits per heavy atom. The van der Waals surface area contributed by atoms with Gasteiger partial charge in [-0.2, -0.15) is 0 Å². The molecule has 0 N–H and O–H groups in total. The Balaban J connectivity index is 2.71. The zero-order valence-corrected chi connectivity index (χ0v) is 10.3. The van der Waals surface area contributed by atoms with Gasteiger partial charge in [-0.15, -0.1) is 11.8 Å². The monoisotopic (exact) mass is 244 g/mol. The van der Waals surface area contributed by atoms with Crippen LogP contribution in [0.3, 0.4) is 0 Å². The van der Waals surface area contributed by atoms with E-state index in [9.17, 15) is 4.79 Å². The third-order valence-corrected chi connectivity index (χ3v) is 3.09. The van der Waals surface area contributed by atoms with Gasteiger partial charge in [-0.25, -0.2) is 0 Å². The molecule has 4 heteroatoms. The molecular formula is C11H13ClO2S. The number of hydrogen-bond donors (Lipinski definition) is 0. The van der Waals surface area contributed by atoms with Crippen molar-refractivity contribution in [3.05, 3.63) is 28.8 Å². The summed E-state index contributed by atoms with van der Waals surface area (Å²) in [7, 11) is 0. The van der Waals surface area contributed by atoms with Crippen molar-refractivity contribution in [2.24, 2.45) is 0 Å². The highest BCUT2D eigenvalue weighted by atomic mass is 35.5. The number of rotatable bonds is 4. The highest BCUT2D eigenvalue weighted by Gasteiger charge is 2.06. The average Bonchev–Trinajstić information content (AvgIpc) is 2.18.